The third kappa shape index (κ3) is 3.59. The van der Waals surface area contributed by atoms with Gasteiger partial charge in [-0.2, -0.15) is 11.8 Å². The highest BCUT2D eigenvalue weighted by molar-refractivity contribution is 7.99. The van der Waals surface area contributed by atoms with Gasteiger partial charge in [-0.05, 0) is 6.26 Å². The molecule has 0 radical (unpaired) electrons. The Morgan fingerprint density at radius 1 is 1.56 bits per heavy atom. The van der Waals surface area contributed by atoms with E-state index in [1.807, 2.05) is 13.2 Å². The molecule has 0 spiro atoms. The Kier molecular flexibility index (Phi) is 4.92. The van der Waals surface area contributed by atoms with E-state index in [1.165, 1.54) is 7.11 Å². The van der Waals surface area contributed by atoms with Crippen molar-refractivity contribution in [3.8, 4) is 0 Å². The lowest BCUT2D eigenvalue weighted by Crippen LogP contribution is -2.61. The van der Waals surface area contributed by atoms with Crippen molar-refractivity contribution in [3.05, 3.63) is 0 Å². The molecule has 1 aliphatic rings. The number of amides is 2. The zero-order valence-electron chi connectivity index (χ0n) is 9.86. The maximum atomic E-state index is 11.7. The van der Waals surface area contributed by atoms with E-state index in [2.05, 4.69) is 10.1 Å². The van der Waals surface area contributed by atoms with Gasteiger partial charge < -0.3 is 15.0 Å². The van der Waals surface area contributed by atoms with Crippen molar-refractivity contribution in [1.29, 1.82) is 0 Å². The molecule has 6 heteroatoms. The molecule has 1 heterocycles. The average molecular weight is 246 g/mol. The topological polar surface area (TPSA) is 58.6 Å². The molecular weight excluding hydrogens is 228 g/mol. The lowest BCUT2D eigenvalue weighted by atomic mass is 10.1. The van der Waals surface area contributed by atoms with Crippen LogP contribution in [0.2, 0.25) is 0 Å². The molecule has 0 bridgehead atoms. The number of alkyl carbamates (subject to hydrolysis) is 1. The third-order valence-electron chi connectivity index (χ3n) is 2.61. The molecule has 0 aliphatic carbocycles. The van der Waals surface area contributed by atoms with Crippen molar-refractivity contribution in [2.45, 2.75) is 24.6 Å². The van der Waals surface area contributed by atoms with E-state index in [1.54, 1.807) is 16.7 Å². The summed E-state index contributed by atoms with van der Waals surface area (Å²) in [7, 11) is 1.33. The number of carbonyl (C=O) groups is 2. The number of nitrogens with one attached hydrogen (secondary N) is 1. The molecule has 1 fully saturated rings. The Balaban J connectivity index is 2.20. The normalized spacial score (nSPS) is 17.6. The van der Waals surface area contributed by atoms with Gasteiger partial charge in [-0.25, -0.2) is 4.79 Å². The molecule has 1 saturated heterocycles. The minimum atomic E-state index is -0.436. The van der Waals surface area contributed by atoms with E-state index in [9.17, 15) is 9.59 Å². The average Bonchev–Trinajstić information content (AvgIpc) is 2.21. The summed E-state index contributed by atoms with van der Waals surface area (Å²) in [6.07, 6.45) is 2.12. The van der Waals surface area contributed by atoms with Crippen molar-refractivity contribution in [2.75, 3.05) is 26.5 Å². The second-order valence-corrected chi connectivity index (χ2v) is 5.16. The molecule has 0 saturated carbocycles. The highest BCUT2D eigenvalue weighted by Crippen LogP contribution is 2.15. The van der Waals surface area contributed by atoms with E-state index in [-0.39, 0.29) is 11.9 Å². The van der Waals surface area contributed by atoms with Gasteiger partial charge in [-0.3, -0.25) is 4.79 Å². The van der Waals surface area contributed by atoms with Crippen LogP contribution in [0.4, 0.5) is 4.79 Å². The zero-order chi connectivity index (χ0) is 12.1. The predicted molar refractivity (Wildman–Crippen MR) is 63.5 cm³/mol. The number of ether oxygens (including phenoxy) is 1. The summed E-state index contributed by atoms with van der Waals surface area (Å²) in [4.78, 5) is 24.3. The van der Waals surface area contributed by atoms with Crippen LogP contribution in [-0.4, -0.2) is 54.6 Å². The van der Waals surface area contributed by atoms with E-state index in [0.29, 0.717) is 24.8 Å². The van der Waals surface area contributed by atoms with Crippen LogP contribution in [0.25, 0.3) is 0 Å². The van der Waals surface area contributed by atoms with E-state index in [4.69, 9.17) is 0 Å². The first-order valence-corrected chi connectivity index (χ1v) is 6.50. The maximum absolute atomic E-state index is 11.7. The molecule has 0 aromatic rings. The molecule has 1 rings (SSSR count). The monoisotopic (exact) mass is 246 g/mol. The van der Waals surface area contributed by atoms with Crippen molar-refractivity contribution >= 4 is 23.8 Å². The Morgan fingerprint density at radius 2 is 2.19 bits per heavy atom. The van der Waals surface area contributed by atoms with Crippen LogP contribution in [-0.2, 0) is 9.53 Å². The van der Waals surface area contributed by atoms with Gasteiger partial charge in [-0.1, -0.05) is 6.92 Å². The number of likely N-dealkylation sites (tertiary alicyclic amines) is 1. The fourth-order valence-electron chi connectivity index (χ4n) is 1.46. The van der Waals surface area contributed by atoms with Crippen molar-refractivity contribution in [3.63, 3.8) is 0 Å². The van der Waals surface area contributed by atoms with Crippen LogP contribution in [0, 0.1) is 0 Å². The second-order valence-electron chi connectivity index (χ2n) is 3.88. The number of hydrogen-bond acceptors (Lipinski definition) is 4. The Labute approximate surface area is 99.9 Å². The Hall–Kier alpha value is -0.910. The summed E-state index contributed by atoms with van der Waals surface area (Å²) < 4.78 is 4.48. The maximum Gasteiger partial charge on any atom is 0.407 e. The van der Waals surface area contributed by atoms with Gasteiger partial charge in [0.2, 0.25) is 5.91 Å². The largest absolute Gasteiger partial charge is 0.453 e. The number of rotatable bonds is 4. The van der Waals surface area contributed by atoms with Crippen LogP contribution in [0.15, 0.2) is 0 Å². The van der Waals surface area contributed by atoms with E-state index in [0.717, 1.165) is 0 Å². The molecule has 1 aliphatic heterocycles. The van der Waals surface area contributed by atoms with E-state index >= 15 is 0 Å². The van der Waals surface area contributed by atoms with Gasteiger partial charge in [-0.15, -0.1) is 0 Å². The van der Waals surface area contributed by atoms with Gasteiger partial charge in [0.15, 0.2) is 0 Å². The molecule has 1 unspecified atom stereocenters. The second kappa shape index (κ2) is 5.98. The van der Waals surface area contributed by atoms with Crippen molar-refractivity contribution in [1.82, 2.24) is 10.2 Å². The lowest BCUT2D eigenvalue weighted by Gasteiger charge is -2.39. The Morgan fingerprint density at radius 3 is 2.69 bits per heavy atom. The van der Waals surface area contributed by atoms with Crippen LogP contribution >= 0.6 is 11.8 Å². The number of methoxy groups -OCH3 is 1. The van der Waals surface area contributed by atoms with Crippen molar-refractivity contribution < 1.29 is 14.3 Å². The Bertz CT molecular complexity index is 267. The summed E-state index contributed by atoms with van der Waals surface area (Å²) >= 11 is 1.68. The van der Waals surface area contributed by atoms with Crippen LogP contribution in [0.1, 0.15) is 13.3 Å². The molecule has 1 atom stereocenters. The van der Waals surface area contributed by atoms with Gasteiger partial charge in [0, 0.05) is 24.8 Å². The quantitative estimate of drug-likeness (QED) is 0.793. The van der Waals surface area contributed by atoms with Crippen LogP contribution < -0.4 is 5.32 Å². The first-order valence-electron chi connectivity index (χ1n) is 5.21. The molecule has 5 nitrogen and oxygen atoms in total. The smallest absolute Gasteiger partial charge is 0.407 e. The fraction of sp³-hybridized carbons (Fsp3) is 0.800. The fourth-order valence-corrected chi connectivity index (χ4v) is 1.77. The van der Waals surface area contributed by atoms with E-state index < -0.39 is 6.09 Å². The first kappa shape index (κ1) is 13.2. The SMILES string of the molecule is COC(=O)NC1CN(C(=O)CC(C)SC)C1. The third-order valence-corrected chi connectivity index (χ3v) is 3.58. The number of hydrogen-bond donors (Lipinski definition) is 1. The molecule has 1 N–H and O–H groups in total. The first-order chi connectivity index (χ1) is 7.56. The van der Waals surface area contributed by atoms with Gasteiger partial charge >= 0.3 is 6.09 Å². The highest BCUT2D eigenvalue weighted by Gasteiger charge is 2.32. The molecule has 2 amide bonds. The summed E-state index contributed by atoms with van der Waals surface area (Å²) in [5.41, 5.74) is 0. The minimum Gasteiger partial charge on any atom is -0.453 e. The predicted octanol–water partition coefficient (Wildman–Crippen LogP) is 0.695. The van der Waals surface area contributed by atoms with Crippen molar-refractivity contribution in [2.24, 2.45) is 0 Å². The van der Waals surface area contributed by atoms with Gasteiger partial charge in [0.1, 0.15) is 0 Å². The standard InChI is InChI=1S/C10H18N2O3S/c1-7(16-3)4-9(13)12-5-8(6-12)11-10(14)15-2/h7-8H,4-6H2,1-3H3,(H,11,14). The lowest BCUT2D eigenvalue weighted by molar-refractivity contribution is -0.135. The van der Waals surface area contributed by atoms with Gasteiger partial charge in [0.05, 0.1) is 13.2 Å². The molecular formula is C10H18N2O3S. The molecule has 0 aromatic carbocycles. The summed E-state index contributed by atoms with van der Waals surface area (Å²) in [5.74, 6) is 0.157. The minimum absolute atomic E-state index is 0.0426. The molecule has 0 aromatic heterocycles. The van der Waals surface area contributed by atoms with Gasteiger partial charge in [0.25, 0.3) is 0 Å². The summed E-state index contributed by atoms with van der Waals surface area (Å²) in [6, 6.07) is 0.0426. The van der Waals surface area contributed by atoms with Crippen LogP contribution in [0.5, 0.6) is 0 Å². The van der Waals surface area contributed by atoms with Crippen LogP contribution in [0.3, 0.4) is 0 Å². The summed E-state index contributed by atoms with van der Waals surface area (Å²) in [6.45, 7) is 3.22. The number of carbonyl (C=O) groups excluding carboxylic acids is 2. The molecule has 92 valence electrons. The number of nitrogens with zero attached hydrogens (tertiary/aromatic N) is 1. The summed E-state index contributed by atoms with van der Waals surface area (Å²) in [5, 5.41) is 3.01. The molecule has 16 heavy (non-hydrogen) atoms. The zero-order valence-corrected chi connectivity index (χ0v) is 10.7. The highest BCUT2D eigenvalue weighted by atomic mass is 32.2. The number of thioether (sulfide) groups is 1.